The molecule has 1 heterocycles. The van der Waals surface area contributed by atoms with Crippen molar-refractivity contribution < 1.29 is 4.79 Å². The summed E-state index contributed by atoms with van der Waals surface area (Å²) in [5.41, 5.74) is 3.03. The minimum atomic E-state index is -0.0333. The van der Waals surface area contributed by atoms with Gasteiger partial charge in [-0.1, -0.05) is 6.07 Å². The number of carbonyl (C=O) groups excluding carboxylic acids is 1. The molecule has 5 nitrogen and oxygen atoms in total. The lowest BCUT2D eigenvalue weighted by molar-refractivity contribution is 0.0953. The fraction of sp³-hybridized carbons (Fsp3) is 0.312. The number of carbonyl (C=O) groups is 1. The lowest BCUT2D eigenvalue weighted by atomic mass is 10.1. The summed E-state index contributed by atoms with van der Waals surface area (Å²) in [4.78, 5) is 20.1. The highest BCUT2D eigenvalue weighted by molar-refractivity contribution is 5.94. The molecule has 21 heavy (non-hydrogen) atoms. The average Bonchev–Trinajstić information content (AvgIpc) is 2.50. The van der Waals surface area contributed by atoms with Crippen molar-refractivity contribution in [2.45, 2.75) is 20.3 Å². The second kappa shape index (κ2) is 7.38. The predicted octanol–water partition coefficient (Wildman–Crippen LogP) is 2.33. The van der Waals surface area contributed by atoms with Crippen LogP contribution < -0.4 is 10.6 Å². The van der Waals surface area contributed by atoms with E-state index in [0.717, 1.165) is 18.5 Å². The highest BCUT2D eigenvalue weighted by atomic mass is 16.1. The van der Waals surface area contributed by atoms with E-state index in [1.54, 1.807) is 18.5 Å². The molecule has 5 heteroatoms. The topological polar surface area (TPSA) is 66.9 Å². The number of hydrogen-bond acceptors (Lipinski definition) is 4. The molecule has 110 valence electrons. The summed E-state index contributed by atoms with van der Waals surface area (Å²) in [6.07, 6.45) is 4.20. The van der Waals surface area contributed by atoms with E-state index in [-0.39, 0.29) is 5.91 Å². The Morgan fingerprint density at radius 1 is 1.10 bits per heavy atom. The SMILES string of the molecule is Cc1ccc(C(=O)NCCCNc2ncccn2)cc1C. The van der Waals surface area contributed by atoms with E-state index in [1.165, 1.54) is 5.56 Å². The Balaban J connectivity index is 1.71. The maximum Gasteiger partial charge on any atom is 0.251 e. The van der Waals surface area contributed by atoms with E-state index in [4.69, 9.17) is 0 Å². The molecule has 1 amide bonds. The van der Waals surface area contributed by atoms with E-state index in [9.17, 15) is 4.79 Å². The maximum atomic E-state index is 12.0. The van der Waals surface area contributed by atoms with Gasteiger partial charge in [0.15, 0.2) is 0 Å². The lowest BCUT2D eigenvalue weighted by Gasteiger charge is -2.08. The molecule has 0 aliphatic heterocycles. The van der Waals surface area contributed by atoms with E-state index >= 15 is 0 Å². The first-order chi connectivity index (χ1) is 10.2. The van der Waals surface area contributed by atoms with Crippen molar-refractivity contribution in [3.8, 4) is 0 Å². The third-order valence-electron chi connectivity index (χ3n) is 3.26. The maximum absolute atomic E-state index is 12.0. The van der Waals surface area contributed by atoms with Crippen LogP contribution in [0, 0.1) is 13.8 Å². The van der Waals surface area contributed by atoms with Gasteiger partial charge in [0.25, 0.3) is 5.91 Å². The molecule has 2 N–H and O–H groups in total. The summed E-state index contributed by atoms with van der Waals surface area (Å²) < 4.78 is 0. The van der Waals surface area contributed by atoms with Crippen molar-refractivity contribution in [1.82, 2.24) is 15.3 Å². The summed E-state index contributed by atoms with van der Waals surface area (Å²) in [5.74, 6) is 0.576. The molecule has 0 saturated heterocycles. The van der Waals surface area contributed by atoms with Crippen molar-refractivity contribution >= 4 is 11.9 Å². The molecule has 0 atom stereocenters. The molecule has 2 rings (SSSR count). The van der Waals surface area contributed by atoms with Crippen LogP contribution in [0.25, 0.3) is 0 Å². The van der Waals surface area contributed by atoms with Crippen LogP contribution in [0.15, 0.2) is 36.7 Å². The zero-order chi connectivity index (χ0) is 15.1. The third kappa shape index (κ3) is 4.56. The van der Waals surface area contributed by atoms with Gasteiger partial charge in [-0.25, -0.2) is 9.97 Å². The third-order valence-corrected chi connectivity index (χ3v) is 3.26. The Morgan fingerprint density at radius 3 is 2.57 bits per heavy atom. The number of amides is 1. The van der Waals surface area contributed by atoms with Crippen molar-refractivity contribution in [3.63, 3.8) is 0 Å². The number of nitrogens with one attached hydrogen (secondary N) is 2. The zero-order valence-electron chi connectivity index (χ0n) is 12.4. The molecule has 1 aromatic heterocycles. The molecule has 2 aromatic rings. The summed E-state index contributed by atoms with van der Waals surface area (Å²) in [5, 5.41) is 6.01. The number of aromatic nitrogens is 2. The number of aryl methyl sites for hydroxylation is 2. The fourth-order valence-electron chi connectivity index (χ4n) is 1.87. The Kier molecular flexibility index (Phi) is 5.26. The molecule has 0 spiro atoms. The summed E-state index contributed by atoms with van der Waals surface area (Å²) in [6.45, 7) is 5.38. The molecule has 0 saturated carbocycles. The number of rotatable bonds is 6. The van der Waals surface area contributed by atoms with Gasteiger partial charge in [0.1, 0.15) is 0 Å². The van der Waals surface area contributed by atoms with Crippen LogP contribution in [0.1, 0.15) is 27.9 Å². The molecule has 0 aliphatic rings. The first kappa shape index (κ1) is 15.0. The van der Waals surface area contributed by atoms with Gasteiger partial charge in [0.05, 0.1) is 0 Å². The predicted molar refractivity (Wildman–Crippen MR) is 83.4 cm³/mol. The van der Waals surface area contributed by atoms with Gasteiger partial charge in [0, 0.05) is 31.0 Å². The van der Waals surface area contributed by atoms with Gasteiger partial charge in [-0.05, 0) is 49.6 Å². The average molecular weight is 284 g/mol. The highest BCUT2D eigenvalue weighted by Gasteiger charge is 2.05. The summed E-state index contributed by atoms with van der Waals surface area (Å²) in [7, 11) is 0. The number of nitrogens with zero attached hydrogens (tertiary/aromatic N) is 2. The number of anilines is 1. The number of hydrogen-bond donors (Lipinski definition) is 2. The van der Waals surface area contributed by atoms with Crippen molar-refractivity contribution in [2.75, 3.05) is 18.4 Å². The molecule has 0 aliphatic carbocycles. The Hall–Kier alpha value is -2.43. The van der Waals surface area contributed by atoms with Gasteiger partial charge in [-0.2, -0.15) is 0 Å². The standard InChI is InChI=1S/C16H20N4O/c1-12-5-6-14(11-13(12)2)15(21)17-7-3-8-18-16-19-9-4-10-20-16/h4-6,9-11H,3,7-8H2,1-2H3,(H,17,21)(H,18,19,20). The van der Waals surface area contributed by atoms with Crippen LogP contribution in [-0.2, 0) is 0 Å². The minimum Gasteiger partial charge on any atom is -0.354 e. The van der Waals surface area contributed by atoms with Gasteiger partial charge >= 0.3 is 0 Å². The molecule has 0 fully saturated rings. The van der Waals surface area contributed by atoms with Crippen molar-refractivity contribution in [1.29, 1.82) is 0 Å². The Labute approximate surface area is 124 Å². The lowest BCUT2D eigenvalue weighted by Crippen LogP contribution is -2.26. The molecule has 0 radical (unpaired) electrons. The quantitative estimate of drug-likeness (QED) is 0.799. The fourth-order valence-corrected chi connectivity index (χ4v) is 1.87. The van der Waals surface area contributed by atoms with Gasteiger partial charge < -0.3 is 10.6 Å². The summed E-state index contributed by atoms with van der Waals surface area (Å²) >= 11 is 0. The van der Waals surface area contributed by atoms with Crippen LogP contribution in [0.2, 0.25) is 0 Å². The zero-order valence-corrected chi connectivity index (χ0v) is 12.4. The monoisotopic (exact) mass is 284 g/mol. The van der Waals surface area contributed by atoms with Gasteiger partial charge in [0.2, 0.25) is 5.95 Å². The first-order valence-electron chi connectivity index (χ1n) is 7.03. The van der Waals surface area contributed by atoms with Crippen molar-refractivity contribution in [3.05, 3.63) is 53.3 Å². The smallest absolute Gasteiger partial charge is 0.251 e. The molecule has 0 unspecified atom stereocenters. The second-order valence-electron chi connectivity index (χ2n) is 4.91. The molecule has 0 bridgehead atoms. The first-order valence-corrected chi connectivity index (χ1v) is 7.03. The molecule has 1 aromatic carbocycles. The van der Waals surface area contributed by atoms with Gasteiger partial charge in [-0.15, -0.1) is 0 Å². The van der Waals surface area contributed by atoms with E-state index in [1.807, 2.05) is 32.0 Å². The Morgan fingerprint density at radius 2 is 1.86 bits per heavy atom. The molecular formula is C16H20N4O. The summed E-state index contributed by atoms with van der Waals surface area (Å²) in [6, 6.07) is 7.52. The number of benzene rings is 1. The van der Waals surface area contributed by atoms with E-state index < -0.39 is 0 Å². The van der Waals surface area contributed by atoms with Crippen LogP contribution >= 0.6 is 0 Å². The minimum absolute atomic E-state index is 0.0333. The van der Waals surface area contributed by atoms with E-state index in [2.05, 4.69) is 20.6 Å². The highest BCUT2D eigenvalue weighted by Crippen LogP contribution is 2.09. The molecular weight excluding hydrogens is 264 g/mol. The van der Waals surface area contributed by atoms with Crippen molar-refractivity contribution in [2.24, 2.45) is 0 Å². The van der Waals surface area contributed by atoms with E-state index in [0.29, 0.717) is 18.1 Å². The largest absolute Gasteiger partial charge is 0.354 e. The van der Waals surface area contributed by atoms with Crippen LogP contribution in [0.3, 0.4) is 0 Å². The van der Waals surface area contributed by atoms with Crippen LogP contribution in [0.5, 0.6) is 0 Å². The van der Waals surface area contributed by atoms with Gasteiger partial charge in [-0.3, -0.25) is 4.79 Å². The van der Waals surface area contributed by atoms with Crippen LogP contribution in [0.4, 0.5) is 5.95 Å². The Bertz CT molecular complexity index is 598. The second-order valence-corrected chi connectivity index (χ2v) is 4.91. The van der Waals surface area contributed by atoms with Crippen LogP contribution in [-0.4, -0.2) is 29.0 Å². The normalized spacial score (nSPS) is 10.2.